The lowest BCUT2D eigenvalue weighted by molar-refractivity contribution is -0.138. The minimum atomic E-state index is -1.10. The van der Waals surface area contributed by atoms with Crippen LogP contribution in [0.5, 0.6) is 0 Å². The molecule has 3 rings (SSSR count). The van der Waals surface area contributed by atoms with E-state index in [0.717, 1.165) is 5.75 Å². The normalized spacial score (nSPS) is 25.8. The highest BCUT2D eigenvalue weighted by molar-refractivity contribution is 7.98. The highest BCUT2D eigenvalue weighted by Gasteiger charge is 2.38. The topological polar surface area (TPSA) is 183 Å². The average molecular weight is 399 g/mol. The first kappa shape index (κ1) is 21.3. The van der Waals surface area contributed by atoms with Crippen LogP contribution in [-0.2, 0) is 9.53 Å². The van der Waals surface area contributed by atoms with Crippen LogP contribution in [0.2, 0.25) is 0 Å². The summed E-state index contributed by atoms with van der Waals surface area (Å²) < 4.78 is 6.90. The SMILES string of the molecule is CSCC[C@H](N)C(=O)O.[CH2-][C@H]1O[C@@H](n2cnc3c(N)ncnc32)[C@H](O)[C@@H]1O. The van der Waals surface area contributed by atoms with Gasteiger partial charge in [-0.3, -0.25) is 9.36 Å². The van der Waals surface area contributed by atoms with Gasteiger partial charge in [0.1, 0.15) is 24.0 Å². The summed E-state index contributed by atoms with van der Waals surface area (Å²) in [7, 11) is 0. The Balaban J connectivity index is 0.000000249. The summed E-state index contributed by atoms with van der Waals surface area (Å²) in [4.78, 5) is 22.0. The maximum atomic E-state index is 10.1. The number of nitrogens with zero attached hydrogens (tertiary/aromatic N) is 4. The van der Waals surface area contributed by atoms with Crippen molar-refractivity contribution in [2.45, 2.75) is 37.0 Å². The number of aliphatic carboxylic acids is 1. The van der Waals surface area contributed by atoms with Gasteiger partial charge in [0, 0.05) is 0 Å². The van der Waals surface area contributed by atoms with E-state index in [4.69, 9.17) is 21.3 Å². The Labute approximate surface area is 159 Å². The number of anilines is 1. The molecule has 5 atom stereocenters. The van der Waals surface area contributed by atoms with Gasteiger partial charge in [-0.15, -0.1) is 0 Å². The quantitative estimate of drug-likeness (QED) is 0.389. The number of nitrogen functional groups attached to an aromatic ring is 1. The van der Waals surface area contributed by atoms with Crippen molar-refractivity contribution in [3.05, 3.63) is 19.6 Å². The van der Waals surface area contributed by atoms with Crippen LogP contribution in [0, 0.1) is 6.92 Å². The van der Waals surface area contributed by atoms with Gasteiger partial charge in [-0.2, -0.15) is 11.8 Å². The zero-order valence-corrected chi connectivity index (χ0v) is 15.5. The zero-order valence-electron chi connectivity index (χ0n) is 14.7. The molecule has 0 aromatic carbocycles. The second kappa shape index (κ2) is 9.28. The number of fused-ring (bicyclic) bond motifs is 1. The Hall–Kier alpha value is -1.99. The maximum absolute atomic E-state index is 10.1. The first-order chi connectivity index (χ1) is 12.8. The number of thioether (sulfide) groups is 1. The molecule has 0 unspecified atom stereocenters. The van der Waals surface area contributed by atoms with E-state index in [9.17, 15) is 15.0 Å². The molecule has 1 aliphatic heterocycles. The van der Waals surface area contributed by atoms with Gasteiger partial charge in [-0.05, 0) is 24.5 Å². The molecule has 2 aromatic heterocycles. The Kier molecular flexibility index (Phi) is 7.33. The summed E-state index contributed by atoms with van der Waals surface area (Å²) in [5.41, 5.74) is 11.7. The fourth-order valence-electron chi connectivity index (χ4n) is 2.38. The summed E-state index contributed by atoms with van der Waals surface area (Å²) in [5.74, 6) is 0.148. The molecule has 0 radical (unpaired) electrons. The van der Waals surface area contributed by atoms with Gasteiger partial charge in [-0.1, -0.05) is 0 Å². The van der Waals surface area contributed by atoms with Crippen LogP contribution >= 0.6 is 11.8 Å². The molecule has 2 aromatic rings. The number of aliphatic hydroxyl groups is 2. The second-order valence-electron chi connectivity index (χ2n) is 5.86. The number of aromatic nitrogens is 4. The van der Waals surface area contributed by atoms with Crippen molar-refractivity contribution in [3.8, 4) is 0 Å². The molecule has 0 saturated carbocycles. The van der Waals surface area contributed by atoms with E-state index in [1.807, 2.05) is 6.26 Å². The lowest BCUT2D eigenvalue weighted by Gasteiger charge is -2.17. The van der Waals surface area contributed by atoms with Crippen LogP contribution in [-0.4, -0.2) is 77.2 Å². The minimum Gasteiger partial charge on any atom is -0.480 e. The smallest absolute Gasteiger partial charge is 0.320 e. The fourth-order valence-corrected chi connectivity index (χ4v) is 2.87. The maximum Gasteiger partial charge on any atom is 0.320 e. The standard InChI is InChI=1S/C10H12N5O3.C5H11NO2S/c1-4-6(16)7(17)10(18-4)15-3-14-5-8(11)12-2-13-9(5)15;1-9-3-2-4(6)5(7)8/h2-4,6-7,10,16-17H,1H2,(H2,11,12,13);4H,2-3,6H2,1H3,(H,7,8)/q-1;/t4-,6-,7-,10-;4-/m10/s1. The third-order valence-corrected chi connectivity index (χ3v) is 4.59. The first-order valence-electron chi connectivity index (χ1n) is 8.03. The number of imidazole rings is 1. The molecular formula is C15H23N6O5S-. The van der Waals surface area contributed by atoms with Crippen LogP contribution in [0.1, 0.15) is 12.6 Å². The van der Waals surface area contributed by atoms with Gasteiger partial charge in [0.05, 0.1) is 12.4 Å². The van der Waals surface area contributed by atoms with Crippen molar-refractivity contribution in [2.75, 3.05) is 17.7 Å². The molecule has 11 nitrogen and oxygen atoms in total. The Morgan fingerprint density at radius 2 is 2.11 bits per heavy atom. The first-order valence-corrected chi connectivity index (χ1v) is 9.42. The van der Waals surface area contributed by atoms with Crippen LogP contribution in [0.25, 0.3) is 11.2 Å². The zero-order chi connectivity index (χ0) is 20.1. The predicted octanol–water partition coefficient (Wildman–Crippen LogP) is -0.987. The Morgan fingerprint density at radius 3 is 2.67 bits per heavy atom. The number of carbonyl (C=O) groups is 1. The molecule has 1 fully saturated rings. The lowest BCUT2D eigenvalue weighted by atomic mass is 10.1. The minimum absolute atomic E-state index is 0.248. The molecule has 1 aliphatic rings. The van der Waals surface area contributed by atoms with Crippen molar-refractivity contribution in [2.24, 2.45) is 5.73 Å². The summed E-state index contributed by atoms with van der Waals surface area (Å²) >= 11 is 1.60. The molecule has 0 amide bonds. The average Bonchev–Trinajstić information content (AvgIpc) is 3.17. The van der Waals surface area contributed by atoms with E-state index < -0.39 is 36.6 Å². The molecule has 7 N–H and O–H groups in total. The number of hydrogen-bond donors (Lipinski definition) is 5. The van der Waals surface area contributed by atoms with Gasteiger partial charge in [0.15, 0.2) is 17.7 Å². The number of carboxylic acids is 1. The third kappa shape index (κ3) is 4.84. The summed E-state index contributed by atoms with van der Waals surface area (Å²) in [6, 6.07) is -0.683. The van der Waals surface area contributed by atoms with Gasteiger partial charge in [0.2, 0.25) is 0 Å². The molecule has 3 heterocycles. The largest absolute Gasteiger partial charge is 0.480 e. The van der Waals surface area contributed by atoms with E-state index in [1.54, 1.807) is 11.8 Å². The predicted molar refractivity (Wildman–Crippen MR) is 99.6 cm³/mol. The van der Waals surface area contributed by atoms with Crippen molar-refractivity contribution >= 4 is 34.7 Å². The van der Waals surface area contributed by atoms with Crippen LogP contribution in [0.3, 0.4) is 0 Å². The van der Waals surface area contributed by atoms with Crippen molar-refractivity contribution in [3.63, 3.8) is 0 Å². The van der Waals surface area contributed by atoms with Crippen molar-refractivity contribution in [1.29, 1.82) is 0 Å². The van der Waals surface area contributed by atoms with Gasteiger partial charge in [-0.25, -0.2) is 15.0 Å². The van der Waals surface area contributed by atoms with E-state index in [-0.39, 0.29) is 5.82 Å². The van der Waals surface area contributed by atoms with Gasteiger partial charge >= 0.3 is 5.97 Å². The number of rotatable bonds is 5. The highest BCUT2D eigenvalue weighted by atomic mass is 32.2. The molecular weight excluding hydrogens is 376 g/mol. The summed E-state index contributed by atoms with van der Waals surface area (Å²) in [6.07, 6.45) is 1.57. The number of hydrogen-bond acceptors (Lipinski definition) is 10. The fraction of sp³-hybridized carbons (Fsp3) is 0.533. The Morgan fingerprint density at radius 1 is 1.41 bits per heavy atom. The molecule has 0 bridgehead atoms. The summed E-state index contributed by atoms with van der Waals surface area (Å²) in [5, 5.41) is 27.8. The van der Waals surface area contributed by atoms with E-state index in [2.05, 4.69) is 21.9 Å². The molecule has 150 valence electrons. The van der Waals surface area contributed by atoms with Crippen molar-refractivity contribution in [1.82, 2.24) is 19.5 Å². The van der Waals surface area contributed by atoms with E-state index in [1.165, 1.54) is 17.2 Å². The van der Waals surface area contributed by atoms with Crippen LogP contribution < -0.4 is 11.5 Å². The molecule has 12 heteroatoms. The number of nitrogens with two attached hydrogens (primary N) is 2. The molecule has 0 aliphatic carbocycles. The molecule has 0 spiro atoms. The molecule has 27 heavy (non-hydrogen) atoms. The highest BCUT2D eigenvalue weighted by Crippen LogP contribution is 2.31. The third-order valence-electron chi connectivity index (χ3n) is 3.95. The number of aliphatic hydroxyl groups excluding tert-OH is 2. The number of ether oxygens (including phenoxy) is 1. The van der Waals surface area contributed by atoms with Crippen molar-refractivity contribution < 1.29 is 24.9 Å². The second-order valence-corrected chi connectivity index (χ2v) is 6.84. The van der Waals surface area contributed by atoms with Gasteiger partial charge in [0.25, 0.3) is 0 Å². The van der Waals surface area contributed by atoms with E-state index >= 15 is 0 Å². The van der Waals surface area contributed by atoms with Gasteiger partial charge < -0.3 is 38.4 Å². The van der Waals surface area contributed by atoms with Crippen LogP contribution in [0.4, 0.5) is 5.82 Å². The van der Waals surface area contributed by atoms with Crippen LogP contribution in [0.15, 0.2) is 12.7 Å². The number of carboxylic acid groups (broad SMARTS) is 1. The monoisotopic (exact) mass is 399 g/mol. The Bertz CT molecular complexity index is 774. The van der Waals surface area contributed by atoms with E-state index in [0.29, 0.717) is 17.6 Å². The lowest BCUT2D eigenvalue weighted by Crippen LogP contribution is -2.30. The summed E-state index contributed by atoms with van der Waals surface area (Å²) in [6.45, 7) is 3.60. The molecule has 1 saturated heterocycles.